The van der Waals surface area contributed by atoms with Gasteiger partial charge >= 0.3 is 0 Å². The van der Waals surface area contributed by atoms with E-state index in [9.17, 15) is 9.18 Å². The van der Waals surface area contributed by atoms with Crippen molar-refractivity contribution in [3.63, 3.8) is 0 Å². The standard InChI is InChI=1S/C16H14BrFO3/c1-20-15-6-3-10(8-16(15)21-2)7-14(19)12-9-11(17)4-5-13(12)18/h3-6,8-9H,7H2,1-2H3. The molecule has 0 N–H and O–H groups in total. The summed E-state index contributed by atoms with van der Waals surface area (Å²) in [6, 6.07) is 9.51. The lowest BCUT2D eigenvalue weighted by Gasteiger charge is -2.09. The van der Waals surface area contributed by atoms with Crippen LogP contribution in [0.4, 0.5) is 4.39 Å². The van der Waals surface area contributed by atoms with E-state index in [1.165, 1.54) is 19.2 Å². The molecule has 0 aromatic heterocycles. The van der Waals surface area contributed by atoms with E-state index in [1.807, 2.05) is 0 Å². The fourth-order valence-corrected chi connectivity index (χ4v) is 2.34. The van der Waals surface area contributed by atoms with Crippen LogP contribution in [0.2, 0.25) is 0 Å². The van der Waals surface area contributed by atoms with Gasteiger partial charge in [-0.25, -0.2) is 4.39 Å². The number of benzene rings is 2. The minimum Gasteiger partial charge on any atom is -0.493 e. The highest BCUT2D eigenvalue weighted by Crippen LogP contribution is 2.28. The summed E-state index contributed by atoms with van der Waals surface area (Å²) in [5, 5.41) is 0. The molecule has 2 rings (SSSR count). The molecular formula is C16H14BrFO3. The van der Waals surface area contributed by atoms with Gasteiger partial charge in [0, 0.05) is 10.9 Å². The van der Waals surface area contributed by atoms with Gasteiger partial charge in [0.1, 0.15) is 5.82 Å². The number of halogens is 2. The van der Waals surface area contributed by atoms with Gasteiger partial charge in [0.05, 0.1) is 19.8 Å². The number of hydrogen-bond donors (Lipinski definition) is 0. The van der Waals surface area contributed by atoms with E-state index in [1.54, 1.807) is 31.4 Å². The second kappa shape index (κ2) is 6.72. The van der Waals surface area contributed by atoms with Crippen LogP contribution in [0.15, 0.2) is 40.9 Å². The van der Waals surface area contributed by atoms with Gasteiger partial charge in [-0.05, 0) is 35.9 Å². The molecule has 0 fully saturated rings. The lowest BCUT2D eigenvalue weighted by molar-refractivity contribution is 0.0989. The summed E-state index contributed by atoms with van der Waals surface area (Å²) < 4.78 is 24.7. The zero-order valence-corrected chi connectivity index (χ0v) is 13.2. The summed E-state index contributed by atoms with van der Waals surface area (Å²) in [7, 11) is 3.07. The maximum atomic E-state index is 13.7. The Hall–Kier alpha value is -1.88. The Labute approximate surface area is 130 Å². The average Bonchev–Trinajstić information content (AvgIpc) is 2.49. The number of methoxy groups -OCH3 is 2. The Kier molecular flexibility index (Phi) is 4.96. The van der Waals surface area contributed by atoms with Crippen molar-refractivity contribution in [3.05, 3.63) is 57.8 Å². The number of ether oxygens (including phenoxy) is 2. The maximum absolute atomic E-state index is 13.7. The molecule has 0 radical (unpaired) electrons. The second-order valence-electron chi connectivity index (χ2n) is 4.41. The molecule has 3 nitrogen and oxygen atoms in total. The average molecular weight is 353 g/mol. The van der Waals surface area contributed by atoms with Gasteiger partial charge in [-0.2, -0.15) is 0 Å². The number of hydrogen-bond acceptors (Lipinski definition) is 3. The molecule has 110 valence electrons. The predicted octanol–water partition coefficient (Wildman–Crippen LogP) is 4.03. The number of ketones is 1. The van der Waals surface area contributed by atoms with Crippen molar-refractivity contribution in [2.75, 3.05) is 14.2 Å². The van der Waals surface area contributed by atoms with Crippen molar-refractivity contribution in [2.24, 2.45) is 0 Å². The van der Waals surface area contributed by atoms with Crippen LogP contribution >= 0.6 is 15.9 Å². The number of carbonyl (C=O) groups excluding carboxylic acids is 1. The van der Waals surface area contributed by atoms with Gasteiger partial charge in [0.15, 0.2) is 17.3 Å². The van der Waals surface area contributed by atoms with E-state index in [0.717, 1.165) is 5.56 Å². The van der Waals surface area contributed by atoms with E-state index >= 15 is 0 Å². The fraction of sp³-hybridized carbons (Fsp3) is 0.188. The summed E-state index contributed by atoms with van der Waals surface area (Å²) in [5.41, 5.74) is 0.802. The van der Waals surface area contributed by atoms with Crippen molar-refractivity contribution < 1.29 is 18.7 Å². The van der Waals surface area contributed by atoms with Crippen molar-refractivity contribution in [2.45, 2.75) is 6.42 Å². The molecule has 0 bridgehead atoms. The van der Waals surface area contributed by atoms with Gasteiger partial charge in [-0.3, -0.25) is 4.79 Å². The highest BCUT2D eigenvalue weighted by molar-refractivity contribution is 9.10. The first-order valence-electron chi connectivity index (χ1n) is 6.24. The van der Waals surface area contributed by atoms with Crippen LogP contribution in [0.5, 0.6) is 11.5 Å². The molecule has 2 aromatic rings. The van der Waals surface area contributed by atoms with Crippen molar-refractivity contribution in [3.8, 4) is 11.5 Å². The monoisotopic (exact) mass is 352 g/mol. The molecule has 5 heteroatoms. The highest BCUT2D eigenvalue weighted by Gasteiger charge is 2.14. The molecule has 2 aromatic carbocycles. The molecule has 21 heavy (non-hydrogen) atoms. The minimum atomic E-state index is -0.524. The van der Waals surface area contributed by atoms with E-state index in [0.29, 0.717) is 16.0 Å². The summed E-state index contributed by atoms with van der Waals surface area (Å²) in [6.45, 7) is 0. The molecule has 0 saturated heterocycles. The quantitative estimate of drug-likeness (QED) is 0.762. The lowest BCUT2D eigenvalue weighted by atomic mass is 10.0. The van der Waals surface area contributed by atoms with Gasteiger partial charge in [-0.1, -0.05) is 22.0 Å². The van der Waals surface area contributed by atoms with Crippen LogP contribution in [0.3, 0.4) is 0 Å². The second-order valence-corrected chi connectivity index (χ2v) is 5.33. The zero-order valence-electron chi connectivity index (χ0n) is 11.7. The van der Waals surface area contributed by atoms with Crippen LogP contribution < -0.4 is 9.47 Å². The predicted molar refractivity (Wildman–Crippen MR) is 81.7 cm³/mol. The Morgan fingerprint density at radius 3 is 2.48 bits per heavy atom. The van der Waals surface area contributed by atoms with Gasteiger partial charge in [0.25, 0.3) is 0 Å². The Bertz CT molecular complexity index is 671. The summed E-state index contributed by atoms with van der Waals surface area (Å²) in [4.78, 5) is 12.2. The first-order chi connectivity index (χ1) is 10.0. The number of Topliss-reactive ketones (excluding diaryl/α,β-unsaturated/α-hetero) is 1. The summed E-state index contributed by atoms with van der Waals surface area (Å²) >= 11 is 3.24. The third-order valence-electron chi connectivity index (χ3n) is 3.04. The minimum absolute atomic E-state index is 0.0687. The maximum Gasteiger partial charge on any atom is 0.170 e. The Balaban J connectivity index is 2.25. The van der Waals surface area contributed by atoms with Crippen molar-refractivity contribution in [1.29, 1.82) is 0 Å². The van der Waals surface area contributed by atoms with E-state index in [4.69, 9.17) is 9.47 Å². The third-order valence-corrected chi connectivity index (χ3v) is 3.53. The van der Waals surface area contributed by atoms with Gasteiger partial charge < -0.3 is 9.47 Å². The largest absolute Gasteiger partial charge is 0.493 e. The SMILES string of the molecule is COc1ccc(CC(=O)c2cc(Br)ccc2F)cc1OC. The molecule has 0 spiro atoms. The third kappa shape index (κ3) is 3.61. The molecular weight excluding hydrogens is 339 g/mol. The fourth-order valence-electron chi connectivity index (χ4n) is 1.98. The van der Waals surface area contributed by atoms with Crippen LogP contribution in [-0.2, 0) is 6.42 Å². The molecule has 0 amide bonds. The smallest absolute Gasteiger partial charge is 0.170 e. The van der Waals surface area contributed by atoms with E-state index < -0.39 is 5.82 Å². The summed E-state index contributed by atoms with van der Waals surface area (Å²) in [6.07, 6.45) is 0.0910. The van der Waals surface area contributed by atoms with Gasteiger partial charge in [-0.15, -0.1) is 0 Å². The summed E-state index contributed by atoms with van der Waals surface area (Å²) in [5.74, 6) is 0.310. The number of carbonyl (C=O) groups is 1. The first kappa shape index (κ1) is 15.5. The molecule has 0 aliphatic rings. The Morgan fingerprint density at radius 1 is 1.10 bits per heavy atom. The van der Waals surface area contributed by atoms with Crippen molar-refractivity contribution >= 4 is 21.7 Å². The van der Waals surface area contributed by atoms with Crippen LogP contribution in [0, 0.1) is 5.82 Å². The molecule has 0 aliphatic heterocycles. The Morgan fingerprint density at radius 2 is 1.81 bits per heavy atom. The van der Waals surface area contributed by atoms with Gasteiger partial charge in [0.2, 0.25) is 0 Å². The molecule has 0 saturated carbocycles. The van der Waals surface area contributed by atoms with E-state index in [2.05, 4.69) is 15.9 Å². The molecule has 0 unspecified atom stereocenters. The highest BCUT2D eigenvalue weighted by atomic mass is 79.9. The van der Waals surface area contributed by atoms with Crippen molar-refractivity contribution in [1.82, 2.24) is 0 Å². The number of rotatable bonds is 5. The zero-order chi connectivity index (χ0) is 15.4. The van der Waals surface area contributed by atoms with Crippen LogP contribution in [-0.4, -0.2) is 20.0 Å². The molecule has 0 aliphatic carbocycles. The first-order valence-corrected chi connectivity index (χ1v) is 7.03. The van der Waals surface area contributed by atoms with Crippen LogP contribution in [0.1, 0.15) is 15.9 Å². The topological polar surface area (TPSA) is 35.5 Å². The van der Waals surface area contributed by atoms with E-state index in [-0.39, 0.29) is 17.8 Å². The molecule has 0 atom stereocenters. The van der Waals surface area contributed by atoms with Crippen LogP contribution in [0.25, 0.3) is 0 Å². The lowest BCUT2D eigenvalue weighted by Crippen LogP contribution is -2.06. The normalized spacial score (nSPS) is 10.3. The molecule has 0 heterocycles.